The van der Waals surface area contributed by atoms with Gasteiger partial charge >= 0.3 is 0 Å². The normalized spacial score (nSPS) is 14.0. The topological polar surface area (TPSA) is 82.8 Å². The molecule has 7 nitrogen and oxygen atoms in total. The molecule has 0 atom stereocenters. The average molecular weight is 483 g/mol. The van der Waals surface area contributed by atoms with Gasteiger partial charge < -0.3 is 20.0 Å². The Hall–Kier alpha value is -2.10. The summed E-state index contributed by atoms with van der Waals surface area (Å²) in [5.74, 6) is 1.26. The van der Waals surface area contributed by atoms with Gasteiger partial charge in [-0.25, -0.2) is 4.98 Å². The summed E-state index contributed by atoms with van der Waals surface area (Å²) < 4.78 is 5.55. The van der Waals surface area contributed by atoms with Crippen molar-refractivity contribution in [1.82, 2.24) is 20.5 Å². The Morgan fingerprint density at radius 1 is 1.22 bits per heavy atom. The second-order valence-corrected chi connectivity index (χ2v) is 6.38. The smallest absolute Gasteiger partial charge is 0.241 e. The molecule has 2 N–H and O–H groups in total. The summed E-state index contributed by atoms with van der Waals surface area (Å²) in [5.41, 5.74) is 2.91. The third-order valence-electron chi connectivity index (χ3n) is 4.38. The van der Waals surface area contributed by atoms with Crippen LogP contribution in [0.25, 0.3) is 11.5 Å². The fourth-order valence-electron chi connectivity index (χ4n) is 2.85. The van der Waals surface area contributed by atoms with E-state index in [2.05, 4.69) is 20.6 Å². The zero-order chi connectivity index (χ0) is 18.4. The van der Waals surface area contributed by atoms with Gasteiger partial charge in [-0.1, -0.05) is 17.7 Å². The van der Waals surface area contributed by atoms with Crippen LogP contribution in [0.1, 0.15) is 24.1 Å². The molecule has 1 saturated heterocycles. The van der Waals surface area contributed by atoms with E-state index in [1.807, 2.05) is 36.1 Å². The third-order valence-corrected chi connectivity index (χ3v) is 4.38. The molecule has 1 aromatic carbocycles. The summed E-state index contributed by atoms with van der Waals surface area (Å²) in [6, 6.07) is 8.03. The highest BCUT2D eigenvalue weighted by atomic mass is 127. The minimum atomic E-state index is 0. The van der Waals surface area contributed by atoms with Crippen LogP contribution in [-0.2, 0) is 11.3 Å². The summed E-state index contributed by atoms with van der Waals surface area (Å²) in [6.07, 6.45) is 3.81. The minimum absolute atomic E-state index is 0. The number of carbonyl (C=O) groups is 1. The average Bonchev–Trinajstić information content (AvgIpc) is 3.34. The molecular weight excluding hydrogens is 457 g/mol. The molecule has 0 radical (unpaired) electrons. The van der Waals surface area contributed by atoms with Gasteiger partial charge in [0.1, 0.15) is 6.26 Å². The molecule has 8 heteroatoms. The molecule has 1 fully saturated rings. The van der Waals surface area contributed by atoms with Crippen LogP contribution in [-0.4, -0.2) is 48.4 Å². The molecule has 1 aliphatic heterocycles. The summed E-state index contributed by atoms with van der Waals surface area (Å²) >= 11 is 0. The van der Waals surface area contributed by atoms with Crippen molar-refractivity contribution in [3.8, 4) is 11.5 Å². The lowest BCUT2D eigenvalue weighted by Gasteiger charge is -2.16. The maximum absolute atomic E-state index is 12.1. The van der Waals surface area contributed by atoms with Crippen LogP contribution in [0.15, 0.2) is 39.9 Å². The lowest BCUT2D eigenvalue weighted by molar-refractivity contribution is -0.128. The van der Waals surface area contributed by atoms with E-state index in [0.717, 1.165) is 37.2 Å². The number of aromatic nitrogens is 1. The molecule has 3 rings (SSSR count). The van der Waals surface area contributed by atoms with Crippen molar-refractivity contribution >= 4 is 35.8 Å². The fraction of sp³-hybridized carbons (Fsp3) is 0.421. The quantitative estimate of drug-likeness (QED) is 0.388. The summed E-state index contributed by atoms with van der Waals surface area (Å²) in [5, 5.41) is 6.20. The van der Waals surface area contributed by atoms with Crippen LogP contribution < -0.4 is 10.6 Å². The van der Waals surface area contributed by atoms with Crippen molar-refractivity contribution in [2.24, 2.45) is 4.99 Å². The fourth-order valence-corrected chi connectivity index (χ4v) is 2.85. The number of nitrogens with zero attached hydrogens (tertiary/aromatic N) is 3. The number of benzene rings is 1. The van der Waals surface area contributed by atoms with Crippen LogP contribution >= 0.6 is 24.0 Å². The number of aryl methyl sites for hydroxylation is 1. The van der Waals surface area contributed by atoms with E-state index in [0.29, 0.717) is 18.4 Å². The van der Waals surface area contributed by atoms with E-state index in [4.69, 9.17) is 4.42 Å². The molecular formula is C19H26IN5O2. The van der Waals surface area contributed by atoms with Crippen molar-refractivity contribution < 1.29 is 9.21 Å². The van der Waals surface area contributed by atoms with Gasteiger partial charge in [0.2, 0.25) is 11.8 Å². The molecule has 0 unspecified atom stereocenters. The van der Waals surface area contributed by atoms with Gasteiger partial charge in [-0.3, -0.25) is 9.79 Å². The summed E-state index contributed by atoms with van der Waals surface area (Å²) in [7, 11) is 1.68. The van der Waals surface area contributed by atoms with Gasteiger partial charge in [0.25, 0.3) is 0 Å². The molecule has 1 aliphatic rings. The predicted molar refractivity (Wildman–Crippen MR) is 116 cm³/mol. The van der Waals surface area contributed by atoms with Gasteiger partial charge in [-0.05, 0) is 31.9 Å². The van der Waals surface area contributed by atoms with Crippen molar-refractivity contribution in [2.75, 3.05) is 26.7 Å². The lowest BCUT2D eigenvalue weighted by atomic mass is 10.1. The van der Waals surface area contributed by atoms with Crippen molar-refractivity contribution in [3.63, 3.8) is 0 Å². The first kappa shape index (κ1) is 21.2. The van der Waals surface area contributed by atoms with Crippen LogP contribution in [0.2, 0.25) is 0 Å². The molecule has 0 spiro atoms. The van der Waals surface area contributed by atoms with Gasteiger partial charge in [0.05, 0.1) is 18.8 Å². The van der Waals surface area contributed by atoms with Crippen LogP contribution in [0.5, 0.6) is 0 Å². The Morgan fingerprint density at radius 2 is 1.93 bits per heavy atom. The van der Waals surface area contributed by atoms with Crippen LogP contribution in [0, 0.1) is 6.92 Å². The third kappa shape index (κ3) is 5.95. The number of guanidine groups is 1. The molecule has 0 bridgehead atoms. The molecule has 1 aromatic heterocycles. The Kier molecular flexibility index (Phi) is 8.08. The number of halogens is 1. The van der Waals surface area contributed by atoms with E-state index in [-0.39, 0.29) is 36.4 Å². The van der Waals surface area contributed by atoms with E-state index in [1.165, 1.54) is 5.56 Å². The number of hydrogen-bond acceptors (Lipinski definition) is 4. The summed E-state index contributed by atoms with van der Waals surface area (Å²) in [4.78, 5) is 22.6. The highest BCUT2D eigenvalue weighted by Crippen LogP contribution is 2.18. The highest BCUT2D eigenvalue weighted by molar-refractivity contribution is 14.0. The second-order valence-electron chi connectivity index (χ2n) is 6.38. The van der Waals surface area contributed by atoms with Crippen LogP contribution in [0.4, 0.5) is 0 Å². The number of likely N-dealkylation sites (tertiary alicyclic amines) is 1. The molecule has 2 heterocycles. The number of rotatable bonds is 5. The van der Waals surface area contributed by atoms with E-state index in [9.17, 15) is 4.79 Å². The number of hydrogen-bond donors (Lipinski definition) is 2. The number of amides is 1. The zero-order valence-corrected chi connectivity index (χ0v) is 18.0. The van der Waals surface area contributed by atoms with Crippen molar-refractivity contribution in [1.29, 1.82) is 0 Å². The Bertz CT molecular complexity index is 767. The zero-order valence-electron chi connectivity index (χ0n) is 15.7. The first-order valence-electron chi connectivity index (χ1n) is 8.89. The number of nitrogens with one attached hydrogen (secondary N) is 2. The van der Waals surface area contributed by atoms with Gasteiger partial charge in [0, 0.05) is 25.7 Å². The molecule has 2 aromatic rings. The Morgan fingerprint density at radius 3 is 2.59 bits per heavy atom. The molecule has 0 aliphatic carbocycles. The first-order chi connectivity index (χ1) is 12.7. The molecule has 27 heavy (non-hydrogen) atoms. The summed E-state index contributed by atoms with van der Waals surface area (Å²) in [6.45, 7) is 4.46. The SMILES string of the molecule is CN=C(NCC(=O)N1CCCC1)NCc1coc(-c2ccc(C)cc2)n1.I. The molecule has 0 saturated carbocycles. The molecule has 146 valence electrons. The largest absolute Gasteiger partial charge is 0.444 e. The Balaban J connectivity index is 0.00000261. The van der Waals surface area contributed by atoms with Gasteiger partial charge in [0.15, 0.2) is 5.96 Å². The van der Waals surface area contributed by atoms with E-state index < -0.39 is 0 Å². The highest BCUT2D eigenvalue weighted by Gasteiger charge is 2.17. The molecule has 1 amide bonds. The van der Waals surface area contributed by atoms with E-state index >= 15 is 0 Å². The van der Waals surface area contributed by atoms with Crippen LogP contribution in [0.3, 0.4) is 0 Å². The van der Waals surface area contributed by atoms with Crippen molar-refractivity contribution in [2.45, 2.75) is 26.3 Å². The van der Waals surface area contributed by atoms with E-state index in [1.54, 1.807) is 13.3 Å². The van der Waals surface area contributed by atoms with Crippen molar-refractivity contribution in [3.05, 3.63) is 41.8 Å². The number of aliphatic imine (C=N–C) groups is 1. The predicted octanol–water partition coefficient (Wildman–Crippen LogP) is 2.56. The maximum Gasteiger partial charge on any atom is 0.241 e. The van der Waals surface area contributed by atoms with Gasteiger partial charge in [-0.15, -0.1) is 24.0 Å². The maximum atomic E-state index is 12.1. The monoisotopic (exact) mass is 483 g/mol. The standard InChI is InChI=1S/C19H25N5O2.HI/c1-14-5-7-15(8-6-14)18-23-16(13-26-18)11-21-19(20-2)22-12-17(25)24-9-3-4-10-24;/h5-8,13H,3-4,9-12H2,1-2H3,(H2,20,21,22);1H. The minimum Gasteiger partial charge on any atom is -0.444 e. The van der Waals surface area contributed by atoms with Gasteiger partial charge in [-0.2, -0.15) is 0 Å². The lowest BCUT2D eigenvalue weighted by Crippen LogP contribution is -2.43. The first-order valence-corrected chi connectivity index (χ1v) is 8.89. The number of oxazole rings is 1. The Labute approximate surface area is 176 Å². The second kappa shape index (κ2) is 10.3. The number of carbonyl (C=O) groups excluding carboxylic acids is 1.